The monoisotopic (exact) mass is 487 g/mol. The number of fused-ring (bicyclic) bond motifs is 1. The molecule has 2 heterocycles. The molecule has 0 aliphatic carbocycles. The third-order valence-electron chi connectivity index (χ3n) is 6.36. The molecule has 1 fully saturated rings. The molecule has 3 aromatic carbocycles. The van der Waals surface area contributed by atoms with Gasteiger partial charge in [0.2, 0.25) is 0 Å². The molecule has 0 spiro atoms. The first-order chi connectivity index (χ1) is 17.6. The van der Waals surface area contributed by atoms with Gasteiger partial charge in [0.05, 0.1) is 18.8 Å². The van der Waals surface area contributed by atoms with Crippen molar-refractivity contribution in [2.45, 2.75) is 38.5 Å². The molecule has 1 aliphatic heterocycles. The molecule has 36 heavy (non-hydrogen) atoms. The van der Waals surface area contributed by atoms with Crippen molar-refractivity contribution in [1.29, 1.82) is 0 Å². The Hall–Kier alpha value is -3.81. The molecule has 3 N–H and O–H groups in total. The number of aliphatic carboxylic acids is 1. The highest BCUT2D eigenvalue weighted by atomic mass is 16.5. The van der Waals surface area contributed by atoms with Crippen molar-refractivity contribution in [2.24, 2.45) is 5.73 Å². The van der Waals surface area contributed by atoms with Crippen molar-refractivity contribution in [3.63, 3.8) is 0 Å². The number of carboxylic acids is 1. The van der Waals surface area contributed by atoms with Gasteiger partial charge in [0, 0.05) is 29.7 Å². The lowest BCUT2D eigenvalue weighted by molar-refractivity contribution is -0.136. The van der Waals surface area contributed by atoms with E-state index in [1.165, 1.54) is 0 Å². The maximum absolute atomic E-state index is 11.2. The Balaban J connectivity index is 1.48. The summed E-state index contributed by atoms with van der Waals surface area (Å²) < 4.78 is 24.0. The first-order valence-corrected chi connectivity index (χ1v) is 12.1. The van der Waals surface area contributed by atoms with Gasteiger partial charge < -0.3 is 29.5 Å². The molecule has 7 heteroatoms. The van der Waals surface area contributed by atoms with Gasteiger partial charge in [-0.15, -0.1) is 0 Å². The van der Waals surface area contributed by atoms with E-state index in [0.717, 1.165) is 47.1 Å². The lowest BCUT2D eigenvalue weighted by Crippen LogP contribution is -2.16. The van der Waals surface area contributed by atoms with Gasteiger partial charge in [-0.3, -0.25) is 4.79 Å². The Kier molecular flexibility index (Phi) is 7.21. The van der Waals surface area contributed by atoms with Crippen molar-refractivity contribution < 1.29 is 28.5 Å². The standard InChI is InChI=1S/C29H29NO6/c30-15-19-5-3-7-20(11-19)22-12-25-23(16-34-26-9-2-1-6-21(26)14-28(31)32)17-36-29(25)27(13-22)35-18-24-8-4-10-33-24/h1-3,5-7,9,11-13,17,24H,4,8,10,14-16,18,30H2,(H,31,32). The second-order valence-electron chi connectivity index (χ2n) is 8.93. The number of furan rings is 1. The van der Waals surface area contributed by atoms with E-state index in [9.17, 15) is 9.90 Å². The van der Waals surface area contributed by atoms with Gasteiger partial charge in [-0.2, -0.15) is 0 Å². The van der Waals surface area contributed by atoms with E-state index in [4.69, 9.17) is 24.4 Å². The molecule has 1 aliphatic rings. The second kappa shape index (κ2) is 10.8. The van der Waals surface area contributed by atoms with Crippen molar-refractivity contribution in [1.82, 2.24) is 0 Å². The molecule has 7 nitrogen and oxygen atoms in total. The maximum Gasteiger partial charge on any atom is 0.307 e. The summed E-state index contributed by atoms with van der Waals surface area (Å²) in [5.41, 5.74) is 11.0. The highest BCUT2D eigenvalue weighted by Gasteiger charge is 2.20. The molecular formula is C29H29NO6. The molecule has 0 amide bonds. The number of ether oxygens (including phenoxy) is 3. The Morgan fingerprint density at radius 2 is 1.89 bits per heavy atom. The molecule has 1 aromatic heterocycles. The SMILES string of the molecule is NCc1cccc(-c2cc(OCC3CCCO3)c3occ(COc4ccccc4CC(=O)O)c3c2)c1. The number of para-hydroxylation sites is 1. The van der Waals surface area contributed by atoms with Crippen LogP contribution in [0.3, 0.4) is 0 Å². The zero-order valence-corrected chi connectivity index (χ0v) is 19.9. The van der Waals surface area contributed by atoms with Crippen LogP contribution in [-0.4, -0.2) is 30.4 Å². The van der Waals surface area contributed by atoms with Crippen LogP contribution in [0.4, 0.5) is 0 Å². The number of benzene rings is 3. The smallest absolute Gasteiger partial charge is 0.307 e. The first-order valence-electron chi connectivity index (χ1n) is 12.1. The van der Waals surface area contributed by atoms with Crippen molar-refractivity contribution in [2.75, 3.05) is 13.2 Å². The van der Waals surface area contributed by atoms with Gasteiger partial charge in [0.1, 0.15) is 19.0 Å². The molecule has 1 unspecified atom stereocenters. The fourth-order valence-corrected chi connectivity index (χ4v) is 4.49. The quantitative estimate of drug-likeness (QED) is 0.312. The molecule has 1 atom stereocenters. The molecule has 5 rings (SSSR count). The molecular weight excluding hydrogens is 458 g/mol. The summed E-state index contributed by atoms with van der Waals surface area (Å²) in [5, 5.41) is 10.1. The van der Waals surface area contributed by atoms with E-state index in [-0.39, 0.29) is 19.1 Å². The molecule has 186 valence electrons. The Labute approximate surface area is 209 Å². The largest absolute Gasteiger partial charge is 0.488 e. The topological polar surface area (TPSA) is 104 Å². The molecule has 0 bridgehead atoms. The van der Waals surface area contributed by atoms with Gasteiger partial charge in [-0.25, -0.2) is 0 Å². The molecule has 1 saturated heterocycles. The molecule has 0 radical (unpaired) electrons. The summed E-state index contributed by atoms with van der Waals surface area (Å²) in [5.74, 6) is 0.279. The number of carboxylic acid groups (broad SMARTS) is 1. The van der Waals surface area contributed by atoms with Crippen LogP contribution >= 0.6 is 0 Å². The minimum atomic E-state index is -0.905. The van der Waals surface area contributed by atoms with Crippen LogP contribution in [0.1, 0.15) is 29.5 Å². The van der Waals surface area contributed by atoms with Crippen LogP contribution in [-0.2, 0) is 29.1 Å². The highest BCUT2D eigenvalue weighted by molar-refractivity contribution is 5.91. The number of hydrogen-bond acceptors (Lipinski definition) is 6. The van der Waals surface area contributed by atoms with E-state index in [1.54, 1.807) is 24.5 Å². The van der Waals surface area contributed by atoms with Crippen molar-refractivity contribution in [3.8, 4) is 22.6 Å². The zero-order chi connectivity index (χ0) is 24.9. The number of hydrogen-bond donors (Lipinski definition) is 2. The van der Waals surface area contributed by atoms with Crippen molar-refractivity contribution >= 4 is 16.9 Å². The lowest BCUT2D eigenvalue weighted by Gasteiger charge is -2.14. The average molecular weight is 488 g/mol. The minimum Gasteiger partial charge on any atom is -0.488 e. The second-order valence-corrected chi connectivity index (χ2v) is 8.93. The normalized spacial score (nSPS) is 15.3. The van der Waals surface area contributed by atoms with Crippen molar-refractivity contribution in [3.05, 3.63) is 83.6 Å². The van der Waals surface area contributed by atoms with Crippen LogP contribution in [0.15, 0.2) is 71.3 Å². The Morgan fingerprint density at radius 1 is 1.00 bits per heavy atom. The third kappa shape index (κ3) is 5.37. The summed E-state index contributed by atoms with van der Waals surface area (Å²) in [6.07, 6.45) is 3.66. The van der Waals surface area contributed by atoms with E-state index < -0.39 is 5.97 Å². The highest BCUT2D eigenvalue weighted by Crippen LogP contribution is 2.37. The maximum atomic E-state index is 11.2. The predicted octanol–water partition coefficient (Wildman–Crippen LogP) is 5.32. The fourth-order valence-electron chi connectivity index (χ4n) is 4.49. The summed E-state index contributed by atoms with van der Waals surface area (Å²) in [6.45, 7) is 1.90. The van der Waals surface area contributed by atoms with E-state index >= 15 is 0 Å². The Morgan fingerprint density at radius 3 is 2.69 bits per heavy atom. The predicted molar refractivity (Wildman–Crippen MR) is 136 cm³/mol. The van der Waals surface area contributed by atoms with Gasteiger partial charge >= 0.3 is 5.97 Å². The average Bonchev–Trinajstić information content (AvgIpc) is 3.56. The van der Waals surface area contributed by atoms with Crippen LogP contribution in [0.2, 0.25) is 0 Å². The molecule has 4 aromatic rings. The van der Waals surface area contributed by atoms with E-state index in [2.05, 4.69) is 12.1 Å². The van der Waals surface area contributed by atoms with Gasteiger partial charge in [-0.05, 0) is 53.8 Å². The fraction of sp³-hybridized carbons (Fsp3) is 0.276. The third-order valence-corrected chi connectivity index (χ3v) is 6.36. The number of nitrogens with two attached hydrogens (primary N) is 1. The summed E-state index contributed by atoms with van der Waals surface area (Å²) in [6, 6.07) is 19.3. The summed E-state index contributed by atoms with van der Waals surface area (Å²) >= 11 is 0. The first kappa shape index (κ1) is 23.9. The van der Waals surface area contributed by atoms with Crippen LogP contribution in [0.25, 0.3) is 22.1 Å². The summed E-state index contributed by atoms with van der Waals surface area (Å²) in [4.78, 5) is 11.2. The summed E-state index contributed by atoms with van der Waals surface area (Å²) in [7, 11) is 0. The Bertz CT molecular complexity index is 1360. The zero-order valence-electron chi connectivity index (χ0n) is 19.9. The van der Waals surface area contributed by atoms with Crippen LogP contribution in [0, 0.1) is 0 Å². The number of rotatable bonds is 10. The lowest BCUT2D eigenvalue weighted by atomic mass is 10.00. The van der Waals surface area contributed by atoms with Gasteiger partial charge in [-0.1, -0.05) is 36.4 Å². The number of carbonyl (C=O) groups is 1. The van der Waals surface area contributed by atoms with Crippen LogP contribution in [0.5, 0.6) is 11.5 Å². The van der Waals surface area contributed by atoms with Gasteiger partial charge in [0.25, 0.3) is 0 Å². The van der Waals surface area contributed by atoms with E-state index in [1.807, 2.05) is 30.3 Å². The minimum absolute atomic E-state index is 0.0766. The van der Waals surface area contributed by atoms with Gasteiger partial charge in [0.15, 0.2) is 11.3 Å². The molecule has 0 saturated carbocycles. The van der Waals surface area contributed by atoms with Crippen LogP contribution < -0.4 is 15.2 Å². The van der Waals surface area contributed by atoms with E-state index in [0.29, 0.717) is 35.8 Å².